The van der Waals surface area contributed by atoms with Crippen LogP contribution in [-0.2, 0) is 28.3 Å². The molecule has 4 aliphatic rings. The molecule has 3 atom stereocenters. The summed E-state index contributed by atoms with van der Waals surface area (Å²) in [5.41, 5.74) is -2.78. The molecule has 1 spiro atoms. The number of piperidine rings is 3. The zero-order valence-electron chi connectivity index (χ0n) is 26.9. The van der Waals surface area contributed by atoms with E-state index in [1.54, 1.807) is 18.2 Å². The molecule has 0 radical (unpaired) electrons. The van der Waals surface area contributed by atoms with Crippen LogP contribution in [0, 0.1) is 11.3 Å². The number of benzene rings is 2. The van der Waals surface area contributed by atoms with E-state index in [4.69, 9.17) is 27.9 Å². The summed E-state index contributed by atoms with van der Waals surface area (Å²) in [6.45, 7) is 4.48. The van der Waals surface area contributed by atoms with E-state index in [1.165, 1.54) is 4.90 Å². The highest BCUT2D eigenvalue weighted by atomic mass is 35.5. The summed E-state index contributed by atoms with van der Waals surface area (Å²) in [6.07, 6.45) is -4.17. The first-order valence-corrected chi connectivity index (χ1v) is 17.5. The van der Waals surface area contributed by atoms with Gasteiger partial charge in [0.15, 0.2) is 0 Å². The molecule has 4 aliphatic heterocycles. The Morgan fingerprint density at radius 2 is 1.45 bits per heavy atom. The van der Waals surface area contributed by atoms with Crippen molar-refractivity contribution in [2.45, 2.75) is 75.8 Å². The molecule has 268 valence electrons. The Kier molecular flexibility index (Phi) is 10.5. The zero-order chi connectivity index (χ0) is 35.1. The van der Waals surface area contributed by atoms with E-state index in [0.29, 0.717) is 54.7 Å². The number of amides is 2. The van der Waals surface area contributed by atoms with Gasteiger partial charge in [-0.15, -0.1) is 0 Å². The van der Waals surface area contributed by atoms with Crippen molar-refractivity contribution in [2.75, 3.05) is 45.9 Å². The molecule has 2 aromatic carbocycles. The van der Waals surface area contributed by atoms with Crippen LogP contribution in [0.2, 0.25) is 10.0 Å². The van der Waals surface area contributed by atoms with Crippen molar-refractivity contribution in [3.8, 4) is 0 Å². The fourth-order valence-electron chi connectivity index (χ4n) is 8.06. The summed E-state index contributed by atoms with van der Waals surface area (Å²) < 4.78 is 87.3. The van der Waals surface area contributed by atoms with E-state index in [1.807, 2.05) is 4.90 Å². The summed E-state index contributed by atoms with van der Waals surface area (Å²) in [7, 11) is 0. The van der Waals surface area contributed by atoms with Gasteiger partial charge < -0.3 is 19.4 Å². The Bertz CT molecular complexity index is 1500. The fourth-order valence-corrected chi connectivity index (χ4v) is 8.38. The van der Waals surface area contributed by atoms with Gasteiger partial charge in [-0.2, -0.15) is 26.3 Å². The van der Waals surface area contributed by atoms with Crippen molar-refractivity contribution >= 4 is 35.0 Å². The third kappa shape index (κ3) is 8.18. The standard InChI is InChI=1S/C35H39Cl2F6N3O3/c36-29-2-1-22(16-30(29)37)15-28-20-27(3-9-46(28)32(48)24-17-25(34(38,39)40)19-26(18-24)35(41,42)43)44-10-5-33(6-11-44)7-12-45(13-8-33)31(47)23-4-14-49-21-23/h1-2,16-19,23,27-28H,3-15,20-21H2. The third-order valence-corrected chi connectivity index (χ3v) is 11.8. The molecule has 6 rings (SSSR count). The summed E-state index contributed by atoms with van der Waals surface area (Å²) >= 11 is 12.4. The molecule has 0 aliphatic carbocycles. The number of likely N-dealkylation sites (tertiary alicyclic amines) is 3. The van der Waals surface area contributed by atoms with Gasteiger partial charge in [0.2, 0.25) is 5.91 Å². The molecule has 6 nitrogen and oxygen atoms in total. The van der Waals surface area contributed by atoms with Gasteiger partial charge in [0.1, 0.15) is 0 Å². The number of ether oxygens (including phenoxy) is 1. The summed E-state index contributed by atoms with van der Waals surface area (Å²) in [6, 6.07) is 5.67. The van der Waals surface area contributed by atoms with Crippen molar-refractivity contribution in [3.05, 3.63) is 68.7 Å². The quantitative estimate of drug-likeness (QED) is 0.293. The molecule has 4 fully saturated rings. The van der Waals surface area contributed by atoms with Crippen LogP contribution in [0.4, 0.5) is 26.3 Å². The second-order valence-corrected chi connectivity index (χ2v) is 14.8. The van der Waals surface area contributed by atoms with E-state index in [2.05, 4.69) is 4.90 Å². The fraction of sp³-hybridized carbons (Fsp3) is 0.600. The Morgan fingerprint density at radius 3 is 2.02 bits per heavy atom. The first-order chi connectivity index (χ1) is 23.1. The molecule has 0 aromatic heterocycles. The number of rotatable bonds is 5. The van der Waals surface area contributed by atoms with Crippen LogP contribution in [0.25, 0.3) is 0 Å². The van der Waals surface area contributed by atoms with Gasteiger partial charge in [-0.3, -0.25) is 9.59 Å². The maximum Gasteiger partial charge on any atom is 0.416 e. The maximum absolute atomic E-state index is 13.8. The number of nitrogens with zero attached hydrogens (tertiary/aromatic N) is 3. The van der Waals surface area contributed by atoms with E-state index in [-0.39, 0.29) is 35.9 Å². The second kappa shape index (κ2) is 14.2. The molecule has 2 aromatic rings. The van der Waals surface area contributed by atoms with E-state index >= 15 is 0 Å². The van der Waals surface area contributed by atoms with Crippen LogP contribution >= 0.6 is 23.2 Å². The van der Waals surface area contributed by atoms with Crippen LogP contribution in [0.15, 0.2) is 36.4 Å². The Balaban J connectivity index is 1.16. The SMILES string of the molecule is O=C(C1CCOC1)N1CCC2(CC1)CCN(C1CCN(C(=O)c3cc(C(F)(F)F)cc(C(F)(F)F)c3)C(Cc3ccc(Cl)c(Cl)c3)C1)CC2. The number of hydrogen-bond acceptors (Lipinski definition) is 4. The Labute approximate surface area is 291 Å². The first kappa shape index (κ1) is 36.3. The van der Waals surface area contributed by atoms with Gasteiger partial charge in [0.25, 0.3) is 5.91 Å². The number of carbonyl (C=O) groups is 2. The Hall–Kier alpha value is -2.54. The molecule has 3 unspecified atom stereocenters. The van der Waals surface area contributed by atoms with Crippen LogP contribution < -0.4 is 0 Å². The van der Waals surface area contributed by atoms with Gasteiger partial charge >= 0.3 is 12.4 Å². The normalized spacial score (nSPS) is 25.2. The predicted molar refractivity (Wildman–Crippen MR) is 172 cm³/mol. The minimum Gasteiger partial charge on any atom is -0.381 e. The zero-order valence-corrected chi connectivity index (χ0v) is 28.4. The van der Waals surface area contributed by atoms with E-state index in [9.17, 15) is 35.9 Å². The number of halogens is 8. The van der Waals surface area contributed by atoms with Gasteiger partial charge in [0.05, 0.1) is 33.7 Å². The number of carbonyl (C=O) groups excluding carboxylic acids is 2. The van der Waals surface area contributed by atoms with Crippen LogP contribution in [0.5, 0.6) is 0 Å². The largest absolute Gasteiger partial charge is 0.416 e. The van der Waals surface area contributed by atoms with E-state index in [0.717, 1.165) is 63.8 Å². The highest BCUT2D eigenvalue weighted by molar-refractivity contribution is 6.42. The lowest BCUT2D eigenvalue weighted by atomic mass is 9.70. The lowest BCUT2D eigenvalue weighted by molar-refractivity contribution is -0.143. The van der Waals surface area contributed by atoms with Crippen molar-refractivity contribution in [1.82, 2.24) is 14.7 Å². The topological polar surface area (TPSA) is 53.1 Å². The number of hydrogen-bond donors (Lipinski definition) is 0. The summed E-state index contributed by atoms with van der Waals surface area (Å²) in [5, 5.41) is 0.649. The minimum absolute atomic E-state index is 0.0334. The van der Waals surface area contributed by atoms with Crippen molar-refractivity contribution in [2.24, 2.45) is 11.3 Å². The van der Waals surface area contributed by atoms with Gasteiger partial charge in [-0.1, -0.05) is 29.3 Å². The van der Waals surface area contributed by atoms with Crippen molar-refractivity contribution in [1.29, 1.82) is 0 Å². The van der Waals surface area contributed by atoms with E-state index < -0.39 is 41.0 Å². The molecular weight excluding hydrogens is 695 g/mol. The smallest absolute Gasteiger partial charge is 0.381 e. The van der Waals surface area contributed by atoms with Crippen LogP contribution in [0.1, 0.15) is 72.0 Å². The van der Waals surface area contributed by atoms with Gasteiger partial charge in [-0.25, -0.2) is 0 Å². The predicted octanol–water partition coefficient (Wildman–Crippen LogP) is 7.99. The molecule has 49 heavy (non-hydrogen) atoms. The minimum atomic E-state index is -5.06. The van der Waals surface area contributed by atoms with Crippen molar-refractivity contribution in [3.63, 3.8) is 0 Å². The molecule has 4 saturated heterocycles. The van der Waals surface area contributed by atoms with Crippen LogP contribution in [0.3, 0.4) is 0 Å². The lowest BCUT2D eigenvalue weighted by Crippen LogP contribution is -2.56. The second-order valence-electron chi connectivity index (χ2n) is 14.0. The molecule has 14 heteroatoms. The molecule has 0 N–H and O–H groups in total. The highest BCUT2D eigenvalue weighted by Gasteiger charge is 2.43. The number of alkyl halides is 6. The lowest BCUT2D eigenvalue weighted by Gasteiger charge is -2.50. The Morgan fingerprint density at radius 1 is 0.816 bits per heavy atom. The van der Waals surface area contributed by atoms with Crippen LogP contribution in [-0.4, -0.2) is 84.5 Å². The molecule has 0 saturated carbocycles. The molecule has 4 heterocycles. The van der Waals surface area contributed by atoms with Gasteiger partial charge in [-0.05, 0) is 106 Å². The summed E-state index contributed by atoms with van der Waals surface area (Å²) in [4.78, 5) is 32.5. The molecular formula is C35H39Cl2F6N3O3. The summed E-state index contributed by atoms with van der Waals surface area (Å²) in [5.74, 6) is -0.715. The third-order valence-electron chi connectivity index (χ3n) is 11.0. The maximum atomic E-state index is 13.8. The first-order valence-electron chi connectivity index (χ1n) is 16.8. The highest BCUT2D eigenvalue weighted by Crippen LogP contribution is 2.43. The van der Waals surface area contributed by atoms with Gasteiger partial charge in [0, 0.05) is 43.9 Å². The average Bonchev–Trinajstić information content (AvgIpc) is 3.61. The molecule has 2 amide bonds. The monoisotopic (exact) mass is 733 g/mol. The molecule has 0 bridgehead atoms. The van der Waals surface area contributed by atoms with Crippen molar-refractivity contribution < 1.29 is 40.7 Å². The average molecular weight is 735 g/mol.